The molecule has 0 fully saturated rings. The van der Waals surface area contributed by atoms with E-state index >= 15 is 0 Å². The normalized spacial score (nSPS) is 10.2. The Morgan fingerprint density at radius 2 is 2.00 bits per heavy atom. The van der Waals surface area contributed by atoms with Crippen LogP contribution in [-0.4, -0.2) is 17.9 Å². The van der Waals surface area contributed by atoms with Crippen molar-refractivity contribution in [1.82, 2.24) is 0 Å². The maximum Gasteiger partial charge on any atom is 0.290 e. The molecular weight excluding hydrogens is 310 g/mol. The number of hydrogen-bond acceptors (Lipinski definition) is 4. The number of amides is 1. The minimum atomic E-state index is -0.512. The molecule has 2 aromatic rings. The van der Waals surface area contributed by atoms with Crippen LogP contribution in [0, 0.1) is 10.1 Å². The second-order valence-electron chi connectivity index (χ2n) is 5.32. The second kappa shape index (κ2) is 8.05. The van der Waals surface area contributed by atoms with E-state index in [0.29, 0.717) is 5.69 Å². The van der Waals surface area contributed by atoms with Crippen LogP contribution < -0.4 is 14.6 Å². The van der Waals surface area contributed by atoms with Crippen LogP contribution in [0.1, 0.15) is 18.9 Å². The fourth-order valence-corrected chi connectivity index (χ4v) is 2.30. The average Bonchev–Trinajstić information content (AvgIpc) is 2.57. The van der Waals surface area contributed by atoms with Gasteiger partial charge in [0.2, 0.25) is 6.54 Å². The van der Waals surface area contributed by atoms with E-state index in [-0.39, 0.29) is 23.9 Å². The van der Waals surface area contributed by atoms with E-state index in [1.165, 1.54) is 30.9 Å². The van der Waals surface area contributed by atoms with Gasteiger partial charge in [-0.1, -0.05) is 13.3 Å². The van der Waals surface area contributed by atoms with Crippen LogP contribution in [0.3, 0.4) is 0 Å². The van der Waals surface area contributed by atoms with E-state index in [1.807, 2.05) is 24.5 Å². The van der Waals surface area contributed by atoms with Crippen molar-refractivity contribution < 1.29 is 19.0 Å². The SMILES string of the molecule is CCCc1cc[n+](CC(=O)Nc2ccc([N+](=O)[O-])cc2OC)cc1. The Morgan fingerprint density at radius 1 is 1.29 bits per heavy atom. The van der Waals surface area contributed by atoms with Crippen LogP contribution in [0.2, 0.25) is 0 Å². The van der Waals surface area contributed by atoms with Gasteiger partial charge in [-0.2, -0.15) is 4.57 Å². The third-order valence-electron chi connectivity index (χ3n) is 3.50. The van der Waals surface area contributed by atoms with Gasteiger partial charge in [-0.15, -0.1) is 0 Å². The molecule has 7 heteroatoms. The fourth-order valence-electron chi connectivity index (χ4n) is 2.30. The molecule has 2 rings (SSSR count). The van der Waals surface area contributed by atoms with Gasteiger partial charge in [0.05, 0.1) is 23.8 Å². The molecule has 1 aromatic carbocycles. The standard InChI is InChI=1S/C17H19N3O4/c1-3-4-13-7-9-19(10-8-13)12-17(21)18-15-6-5-14(20(22)23)11-16(15)24-2/h5-11H,3-4,12H2,1-2H3/p+1. The number of nitro groups is 1. The molecule has 0 unspecified atom stereocenters. The summed E-state index contributed by atoms with van der Waals surface area (Å²) >= 11 is 0. The first-order chi connectivity index (χ1) is 11.5. The van der Waals surface area contributed by atoms with Gasteiger partial charge in [-0.3, -0.25) is 14.9 Å². The number of methoxy groups -OCH3 is 1. The highest BCUT2D eigenvalue weighted by molar-refractivity contribution is 5.91. The van der Waals surface area contributed by atoms with E-state index < -0.39 is 4.92 Å². The third-order valence-corrected chi connectivity index (χ3v) is 3.50. The summed E-state index contributed by atoms with van der Waals surface area (Å²) in [7, 11) is 1.40. The Bertz CT molecular complexity index is 729. The summed E-state index contributed by atoms with van der Waals surface area (Å²) in [6.07, 6.45) is 5.80. The van der Waals surface area contributed by atoms with Gasteiger partial charge < -0.3 is 10.1 Å². The number of anilines is 1. The number of pyridine rings is 1. The third kappa shape index (κ3) is 4.52. The zero-order valence-electron chi connectivity index (χ0n) is 13.7. The van der Waals surface area contributed by atoms with Gasteiger partial charge in [-0.25, -0.2) is 0 Å². The number of non-ortho nitro benzene ring substituents is 1. The number of aromatic nitrogens is 1. The number of hydrogen-bond donors (Lipinski definition) is 1. The Balaban J connectivity index is 2.05. The largest absolute Gasteiger partial charge is 0.494 e. The Hall–Kier alpha value is -2.96. The van der Waals surface area contributed by atoms with Gasteiger partial charge in [0, 0.05) is 18.2 Å². The molecule has 0 aliphatic rings. The van der Waals surface area contributed by atoms with Crippen molar-refractivity contribution >= 4 is 17.3 Å². The van der Waals surface area contributed by atoms with Crippen LogP contribution in [0.15, 0.2) is 42.7 Å². The van der Waals surface area contributed by atoms with E-state index in [9.17, 15) is 14.9 Å². The summed E-state index contributed by atoms with van der Waals surface area (Å²) in [6, 6.07) is 8.05. The lowest BCUT2D eigenvalue weighted by Gasteiger charge is -2.08. The number of nitro benzene ring substituents is 1. The fraction of sp³-hybridized carbons (Fsp3) is 0.294. The van der Waals surface area contributed by atoms with Crippen molar-refractivity contribution in [3.05, 3.63) is 58.4 Å². The van der Waals surface area contributed by atoms with Crippen molar-refractivity contribution in [3.8, 4) is 5.75 Å². The zero-order chi connectivity index (χ0) is 17.5. The van der Waals surface area contributed by atoms with Gasteiger partial charge in [0.1, 0.15) is 5.75 Å². The van der Waals surface area contributed by atoms with Crippen LogP contribution in [0.25, 0.3) is 0 Å². The maximum absolute atomic E-state index is 12.2. The quantitative estimate of drug-likeness (QED) is 0.480. The molecule has 0 aliphatic heterocycles. The molecule has 0 spiro atoms. The highest BCUT2D eigenvalue weighted by Crippen LogP contribution is 2.28. The van der Waals surface area contributed by atoms with Gasteiger partial charge in [0.15, 0.2) is 12.4 Å². The first-order valence-electron chi connectivity index (χ1n) is 7.63. The lowest BCUT2D eigenvalue weighted by atomic mass is 10.1. The minimum Gasteiger partial charge on any atom is -0.494 e. The number of carbonyl (C=O) groups is 1. The molecule has 1 heterocycles. The molecule has 7 nitrogen and oxygen atoms in total. The van der Waals surface area contributed by atoms with E-state index in [1.54, 1.807) is 4.57 Å². The van der Waals surface area contributed by atoms with E-state index in [0.717, 1.165) is 12.8 Å². The van der Waals surface area contributed by atoms with Crippen LogP contribution >= 0.6 is 0 Å². The van der Waals surface area contributed by atoms with Crippen molar-refractivity contribution in [1.29, 1.82) is 0 Å². The van der Waals surface area contributed by atoms with Gasteiger partial charge in [-0.05, 0) is 18.1 Å². The number of rotatable bonds is 7. The van der Waals surface area contributed by atoms with Gasteiger partial charge in [0.25, 0.3) is 11.6 Å². The summed E-state index contributed by atoms with van der Waals surface area (Å²) in [5, 5.41) is 13.5. The molecule has 0 radical (unpaired) electrons. The molecule has 1 N–H and O–H groups in total. The molecule has 1 aromatic heterocycles. The topological polar surface area (TPSA) is 85.3 Å². The van der Waals surface area contributed by atoms with Crippen molar-refractivity contribution in [2.24, 2.45) is 0 Å². The summed E-state index contributed by atoms with van der Waals surface area (Å²) in [4.78, 5) is 22.4. The molecule has 0 bridgehead atoms. The molecule has 1 amide bonds. The minimum absolute atomic E-state index is 0.0919. The van der Waals surface area contributed by atoms with Crippen molar-refractivity contribution in [2.75, 3.05) is 12.4 Å². The predicted octanol–water partition coefficient (Wildman–Crippen LogP) is 2.48. The van der Waals surface area contributed by atoms with Crippen LogP contribution in [0.4, 0.5) is 11.4 Å². The lowest BCUT2D eigenvalue weighted by molar-refractivity contribution is -0.684. The summed E-state index contributed by atoms with van der Waals surface area (Å²) in [6.45, 7) is 2.26. The number of carbonyl (C=O) groups excluding carboxylic acids is 1. The van der Waals surface area contributed by atoms with Crippen LogP contribution in [0.5, 0.6) is 5.75 Å². The lowest BCUT2D eigenvalue weighted by Crippen LogP contribution is -2.39. The predicted molar refractivity (Wildman–Crippen MR) is 88.9 cm³/mol. The van der Waals surface area contributed by atoms with Gasteiger partial charge >= 0.3 is 0 Å². The number of nitrogens with zero attached hydrogens (tertiary/aromatic N) is 2. The highest BCUT2D eigenvalue weighted by Gasteiger charge is 2.15. The smallest absolute Gasteiger partial charge is 0.290 e. The Kier molecular flexibility index (Phi) is 5.83. The molecule has 24 heavy (non-hydrogen) atoms. The number of benzene rings is 1. The number of nitrogens with one attached hydrogen (secondary N) is 1. The Morgan fingerprint density at radius 3 is 2.58 bits per heavy atom. The highest BCUT2D eigenvalue weighted by atomic mass is 16.6. The second-order valence-corrected chi connectivity index (χ2v) is 5.32. The Labute approximate surface area is 140 Å². The molecule has 126 valence electrons. The first kappa shape index (κ1) is 17.4. The monoisotopic (exact) mass is 330 g/mol. The molecule has 0 atom stereocenters. The first-order valence-corrected chi connectivity index (χ1v) is 7.63. The van der Waals surface area contributed by atoms with Crippen molar-refractivity contribution in [2.45, 2.75) is 26.3 Å². The molecular formula is C17H20N3O4+. The summed E-state index contributed by atoms with van der Waals surface area (Å²) < 4.78 is 6.87. The van der Waals surface area contributed by atoms with E-state index in [2.05, 4.69) is 12.2 Å². The molecule has 0 aliphatic carbocycles. The zero-order valence-corrected chi connectivity index (χ0v) is 13.7. The van der Waals surface area contributed by atoms with E-state index in [4.69, 9.17) is 4.74 Å². The molecule has 0 saturated heterocycles. The number of ether oxygens (including phenoxy) is 1. The van der Waals surface area contributed by atoms with Crippen LogP contribution in [-0.2, 0) is 17.8 Å². The summed E-state index contributed by atoms with van der Waals surface area (Å²) in [5.74, 6) is 0.0104. The molecule has 0 saturated carbocycles. The maximum atomic E-state index is 12.2. The number of aryl methyl sites for hydroxylation is 1. The average molecular weight is 330 g/mol. The van der Waals surface area contributed by atoms with Crippen molar-refractivity contribution in [3.63, 3.8) is 0 Å². The summed E-state index contributed by atoms with van der Waals surface area (Å²) in [5.41, 5.74) is 1.54.